The second-order valence-electron chi connectivity index (χ2n) is 6.26. The molecule has 1 atom stereocenters. The second-order valence-corrected chi connectivity index (χ2v) is 17.4. The summed E-state index contributed by atoms with van der Waals surface area (Å²) in [6.45, 7) is 9.19. The molecule has 0 aromatic heterocycles. The molecular formula is C16H37BrNP. The summed E-state index contributed by atoms with van der Waals surface area (Å²) in [6.07, 6.45) is 14.4. The number of hydrogen-bond acceptors (Lipinski definition) is 1. The molecule has 0 aliphatic rings. The maximum absolute atomic E-state index is 6.73. The fraction of sp³-hybridized carbons (Fsp3) is 1.00. The Labute approximate surface area is 130 Å². The van der Waals surface area contributed by atoms with Crippen molar-refractivity contribution in [2.45, 2.75) is 84.8 Å². The molecule has 0 bridgehead atoms. The van der Waals surface area contributed by atoms with Gasteiger partial charge in [0.2, 0.25) is 0 Å². The van der Waals surface area contributed by atoms with Crippen LogP contribution in [0.1, 0.15) is 79.1 Å². The molecule has 0 aliphatic heterocycles. The van der Waals surface area contributed by atoms with Crippen LogP contribution < -0.4 is 5.73 Å². The van der Waals surface area contributed by atoms with Crippen LogP contribution in [0.25, 0.3) is 0 Å². The van der Waals surface area contributed by atoms with Gasteiger partial charge in [0.05, 0.1) is 0 Å². The van der Waals surface area contributed by atoms with Gasteiger partial charge in [-0.25, -0.2) is 0 Å². The average Bonchev–Trinajstić information content (AvgIpc) is 2.42. The minimum atomic E-state index is -1.88. The van der Waals surface area contributed by atoms with Crippen LogP contribution in [-0.4, -0.2) is 24.3 Å². The van der Waals surface area contributed by atoms with Gasteiger partial charge < -0.3 is 0 Å². The summed E-state index contributed by atoms with van der Waals surface area (Å²) in [5.74, 6) is 0.417. The third-order valence-corrected chi connectivity index (χ3v) is 15.4. The Morgan fingerprint density at radius 1 is 0.789 bits per heavy atom. The average molecular weight is 354 g/mol. The van der Waals surface area contributed by atoms with E-state index in [0.29, 0.717) is 5.78 Å². The van der Waals surface area contributed by atoms with Crippen LogP contribution in [0.4, 0.5) is 0 Å². The molecule has 0 saturated carbocycles. The van der Waals surface area contributed by atoms with Crippen molar-refractivity contribution in [1.82, 2.24) is 0 Å². The molecule has 0 fully saturated rings. The third kappa shape index (κ3) is 6.02. The van der Waals surface area contributed by atoms with E-state index in [0.717, 1.165) is 0 Å². The molecule has 0 radical (unpaired) electrons. The zero-order chi connectivity index (χ0) is 14.8. The first-order chi connectivity index (χ1) is 8.97. The zero-order valence-electron chi connectivity index (χ0n) is 13.8. The van der Waals surface area contributed by atoms with Crippen molar-refractivity contribution in [3.8, 4) is 0 Å². The fourth-order valence-corrected chi connectivity index (χ4v) is 11.7. The number of rotatable bonds is 12. The van der Waals surface area contributed by atoms with E-state index in [2.05, 4.69) is 43.2 Å². The Hall–Kier alpha value is 0.870. The zero-order valence-corrected chi connectivity index (χ0v) is 16.2. The molecule has 0 amide bonds. The Morgan fingerprint density at radius 2 is 1.16 bits per heavy atom. The van der Waals surface area contributed by atoms with Crippen LogP contribution in [-0.2, 0) is 0 Å². The molecule has 0 aliphatic carbocycles. The van der Waals surface area contributed by atoms with E-state index in [1.807, 2.05) is 0 Å². The predicted octanol–water partition coefficient (Wildman–Crippen LogP) is 6.33. The van der Waals surface area contributed by atoms with Gasteiger partial charge in [-0.05, 0) is 0 Å². The molecule has 0 rings (SSSR count). The van der Waals surface area contributed by atoms with Crippen molar-refractivity contribution < 1.29 is 0 Å². The Bertz CT molecular complexity index is 208. The topological polar surface area (TPSA) is 26.0 Å². The summed E-state index contributed by atoms with van der Waals surface area (Å²) in [6, 6.07) is 0. The summed E-state index contributed by atoms with van der Waals surface area (Å²) in [7, 11) is 0. The fourth-order valence-electron chi connectivity index (χ4n) is 3.05. The van der Waals surface area contributed by atoms with Crippen LogP contribution in [0, 0.1) is 0 Å². The number of nitrogens with two attached hydrogens (primary N) is 1. The predicted molar refractivity (Wildman–Crippen MR) is 98.1 cm³/mol. The van der Waals surface area contributed by atoms with E-state index in [1.54, 1.807) is 0 Å². The summed E-state index contributed by atoms with van der Waals surface area (Å²) >= 11 is 4.37. The van der Waals surface area contributed by atoms with E-state index < -0.39 is 5.31 Å². The maximum atomic E-state index is 6.73. The number of halogens is 1. The van der Waals surface area contributed by atoms with Gasteiger partial charge in [0.15, 0.2) is 0 Å². The second kappa shape index (κ2) is 9.74. The molecule has 19 heavy (non-hydrogen) atoms. The van der Waals surface area contributed by atoms with Crippen LogP contribution in [0.2, 0.25) is 0 Å². The van der Waals surface area contributed by atoms with Gasteiger partial charge in [-0.1, -0.05) is 0 Å². The van der Waals surface area contributed by atoms with Gasteiger partial charge in [-0.3, -0.25) is 0 Å². The molecule has 0 saturated heterocycles. The summed E-state index contributed by atoms with van der Waals surface area (Å²) in [5.41, 5.74) is 6.73. The monoisotopic (exact) mass is 353 g/mol. The van der Waals surface area contributed by atoms with Crippen LogP contribution >= 0.6 is 20.8 Å². The van der Waals surface area contributed by atoms with Gasteiger partial charge in [-0.2, -0.15) is 0 Å². The molecule has 0 spiro atoms. The standard InChI is InChI=1S/C16H37BrNP/c1-5-9-13-19(17,14-10-6-2,15-11-7-3)16(18)12-8-4/h16H,5-15,18H2,1-4H3. The SMILES string of the molecule is CCCCP(Br)(CCCC)(CCCC)C(N)CCC. The van der Waals surface area contributed by atoms with Crippen LogP contribution in [0.15, 0.2) is 0 Å². The van der Waals surface area contributed by atoms with E-state index in [4.69, 9.17) is 5.73 Å². The molecule has 0 aromatic rings. The first-order valence-electron chi connectivity index (χ1n) is 8.45. The Kier molecular flexibility index (Phi) is 10.2. The summed E-state index contributed by atoms with van der Waals surface area (Å²) < 4.78 is 0. The molecule has 0 aromatic carbocycles. The Balaban J connectivity index is 5.15. The van der Waals surface area contributed by atoms with Crippen molar-refractivity contribution in [2.24, 2.45) is 5.73 Å². The molecule has 1 unspecified atom stereocenters. The first kappa shape index (κ1) is 19.9. The number of unbranched alkanes of at least 4 members (excludes halogenated alkanes) is 3. The van der Waals surface area contributed by atoms with Gasteiger partial charge in [-0.15, -0.1) is 0 Å². The third-order valence-electron chi connectivity index (χ3n) is 4.54. The first-order valence-corrected chi connectivity index (χ1v) is 13.3. The van der Waals surface area contributed by atoms with E-state index in [1.165, 1.54) is 69.9 Å². The molecule has 3 heteroatoms. The molecule has 1 nitrogen and oxygen atoms in total. The quantitative estimate of drug-likeness (QED) is 0.407. The van der Waals surface area contributed by atoms with E-state index in [-0.39, 0.29) is 0 Å². The molecule has 2 N–H and O–H groups in total. The minimum absolute atomic E-state index is 0.417. The van der Waals surface area contributed by atoms with Crippen molar-refractivity contribution >= 4 is 20.8 Å². The van der Waals surface area contributed by atoms with Crippen LogP contribution in [0.3, 0.4) is 0 Å². The Morgan fingerprint density at radius 3 is 1.42 bits per heavy atom. The van der Waals surface area contributed by atoms with Crippen LogP contribution in [0.5, 0.6) is 0 Å². The van der Waals surface area contributed by atoms with Gasteiger partial charge >= 0.3 is 130 Å². The van der Waals surface area contributed by atoms with Crippen molar-refractivity contribution in [2.75, 3.05) is 18.5 Å². The number of hydrogen-bond donors (Lipinski definition) is 1. The normalized spacial score (nSPS) is 16.0. The van der Waals surface area contributed by atoms with Gasteiger partial charge in [0.25, 0.3) is 0 Å². The van der Waals surface area contributed by atoms with Crippen molar-refractivity contribution in [1.29, 1.82) is 0 Å². The van der Waals surface area contributed by atoms with Gasteiger partial charge in [0, 0.05) is 0 Å². The molecule has 0 heterocycles. The molecular weight excluding hydrogens is 317 g/mol. The summed E-state index contributed by atoms with van der Waals surface area (Å²) in [4.78, 5) is 0. The van der Waals surface area contributed by atoms with Gasteiger partial charge in [0.1, 0.15) is 0 Å². The summed E-state index contributed by atoms with van der Waals surface area (Å²) in [5, 5.41) is -1.88. The van der Waals surface area contributed by atoms with E-state index in [9.17, 15) is 0 Å². The van der Waals surface area contributed by atoms with Crippen molar-refractivity contribution in [3.05, 3.63) is 0 Å². The van der Waals surface area contributed by atoms with E-state index >= 15 is 0 Å². The molecule has 118 valence electrons. The van der Waals surface area contributed by atoms with Crippen molar-refractivity contribution in [3.63, 3.8) is 0 Å².